The molecule has 3 nitrogen and oxygen atoms in total. The number of rotatable bonds is 5. The average Bonchev–Trinajstić information content (AvgIpc) is 2.29. The molecule has 0 aromatic heterocycles. The third kappa shape index (κ3) is 3.14. The molecule has 2 atom stereocenters. The summed E-state index contributed by atoms with van der Waals surface area (Å²) in [4.78, 5) is 0. The molecule has 0 heterocycles. The van der Waals surface area contributed by atoms with Crippen LogP contribution < -0.4 is 9.47 Å². The Bertz CT molecular complexity index is 334. The van der Waals surface area contributed by atoms with Crippen molar-refractivity contribution in [3.63, 3.8) is 0 Å². The number of hydrogen-bond acceptors (Lipinski definition) is 3. The van der Waals surface area contributed by atoms with Crippen LogP contribution in [-0.4, -0.2) is 18.3 Å². The number of ether oxygens (including phenoxy) is 2. The Hall–Kier alpha value is -1.22. The molecule has 90 valence electrons. The molecule has 1 N–H and O–H groups in total. The number of methoxy groups -OCH3 is 1. The highest BCUT2D eigenvalue weighted by molar-refractivity contribution is 5.43. The summed E-state index contributed by atoms with van der Waals surface area (Å²) in [5, 5.41) is 9.47. The van der Waals surface area contributed by atoms with Crippen LogP contribution in [0.15, 0.2) is 18.2 Å². The molecule has 0 saturated carbocycles. The van der Waals surface area contributed by atoms with Crippen molar-refractivity contribution in [2.45, 2.75) is 39.4 Å². The lowest BCUT2D eigenvalue weighted by Gasteiger charge is -2.16. The fraction of sp³-hybridized carbons (Fsp3) is 0.538. The molecule has 1 rings (SSSR count). The predicted octanol–water partition coefficient (Wildman–Crippen LogP) is 2.93. The maximum atomic E-state index is 9.47. The van der Waals surface area contributed by atoms with E-state index in [2.05, 4.69) is 6.92 Å². The van der Waals surface area contributed by atoms with E-state index in [1.807, 2.05) is 25.1 Å². The smallest absolute Gasteiger partial charge is 0.161 e. The standard InChI is InChI=1S/C13H20O3/c1-5-9(2)16-12-7-6-11(10(3)14)8-13(12)15-4/h6-10,14H,5H2,1-4H3/t9?,10-/m1/s1. The van der Waals surface area contributed by atoms with Crippen LogP contribution in [0.1, 0.15) is 38.9 Å². The van der Waals surface area contributed by atoms with Crippen molar-refractivity contribution >= 4 is 0 Å². The summed E-state index contributed by atoms with van der Waals surface area (Å²) in [5.74, 6) is 1.39. The van der Waals surface area contributed by atoms with Crippen LogP contribution in [0.25, 0.3) is 0 Å². The molecule has 0 aliphatic heterocycles. The average molecular weight is 224 g/mol. The van der Waals surface area contributed by atoms with Gasteiger partial charge in [-0.1, -0.05) is 13.0 Å². The van der Waals surface area contributed by atoms with E-state index in [9.17, 15) is 5.11 Å². The van der Waals surface area contributed by atoms with Gasteiger partial charge in [0.25, 0.3) is 0 Å². The summed E-state index contributed by atoms with van der Waals surface area (Å²) in [6.45, 7) is 5.81. The summed E-state index contributed by atoms with van der Waals surface area (Å²) in [6, 6.07) is 5.50. The topological polar surface area (TPSA) is 38.7 Å². The van der Waals surface area contributed by atoms with Gasteiger partial charge in [0.1, 0.15) is 0 Å². The third-order valence-electron chi connectivity index (χ3n) is 2.57. The van der Waals surface area contributed by atoms with Crippen LogP contribution in [0.4, 0.5) is 0 Å². The molecule has 3 heteroatoms. The quantitative estimate of drug-likeness (QED) is 0.835. The number of aliphatic hydroxyl groups excluding tert-OH is 1. The van der Waals surface area contributed by atoms with Gasteiger partial charge in [-0.15, -0.1) is 0 Å². The maximum Gasteiger partial charge on any atom is 0.161 e. The lowest BCUT2D eigenvalue weighted by Crippen LogP contribution is -2.10. The highest BCUT2D eigenvalue weighted by Crippen LogP contribution is 2.31. The molecule has 1 aromatic carbocycles. The van der Waals surface area contributed by atoms with Gasteiger partial charge in [-0.05, 0) is 38.0 Å². The Morgan fingerprint density at radius 3 is 2.44 bits per heavy atom. The first-order chi connectivity index (χ1) is 7.58. The second-order valence-electron chi connectivity index (χ2n) is 3.92. The predicted molar refractivity (Wildman–Crippen MR) is 64.0 cm³/mol. The number of aliphatic hydroxyl groups is 1. The molecule has 1 aromatic rings. The van der Waals surface area contributed by atoms with Gasteiger partial charge in [-0.25, -0.2) is 0 Å². The van der Waals surface area contributed by atoms with Crippen molar-refractivity contribution in [3.05, 3.63) is 23.8 Å². The zero-order valence-electron chi connectivity index (χ0n) is 10.4. The Morgan fingerprint density at radius 1 is 1.25 bits per heavy atom. The zero-order valence-corrected chi connectivity index (χ0v) is 10.4. The molecule has 0 fully saturated rings. The van der Waals surface area contributed by atoms with Gasteiger partial charge in [-0.3, -0.25) is 0 Å². The van der Waals surface area contributed by atoms with Gasteiger partial charge >= 0.3 is 0 Å². The molecular formula is C13H20O3. The minimum absolute atomic E-state index is 0.159. The first kappa shape index (κ1) is 12.8. The van der Waals surface area contributed by atoms with E-state index in [0.29, 0.717) is 5.75 Å². The highest BCUT2D eigenvalue weighted by Gasteiger charge is 2.10. The Balaban J connectivity index is 2.93. The van der Waals surface area contributed by atoms with Gasteiger partial charge in [0.15, 0.2) is 11.5 Å². The van der Waals surface area contributed by atoms with Crippen molar-refractivity contribution in [2.75, 3.05) is 7.11 Å². The van der Waals surface area contributed by atoms with Crippen LogP contribution in [0.5, 0.6) is 11.5 Å². The van der Waals surface area contributed by atoms with Gasteiger partial charge in [-0.2, -0.15) is 0 Å². The van der Waals surface area contributed by atoms with Gasteiger partial charge < -0.3 is 14.6 Å². The number of hydrogen-bond donors (Lipinski definition) is 1. The second-order valence-corrected chi connectivity index (χ2v) is 3.92. The van der Waals surface area contributed by atoms with E-state index in [4.69, 9.17) is 9.47 Å². The summed E-state index contributed by atoms with van der Waals surface area (Å²) >= 11 is 0. The Morgan fingerprint density at radius 2 is 1.94 bits per heavy atom. The molecule has 0 radical (unpaired) electrons. The molecule has 16 heavy (non-hydrogen) atoms. The monoisotopic (exact) mass is 224 g/mol. The second kappa shape index (κ2) is 5.75. The Kier molecular flexibility index (Phi) is 4.62. The summed E-state index contributed by atoms with van der Waals surface area (Å²) < 4.78 is 11.0. The fourth-order valence-corrected chi connectivity index (χ4v) is 1.34. The summed E-state index contributed by atoms with van der Waals surface area (Å²) in [5.41, 5.74) is 0.827. The van der Waals surface area contributed by atoms with Crippen LogP contribution in [0.2, 0.25) is 0 Å². The molecule has 0 aliphatic carbocycles. The van der Waals surface area contributed by atoms with Crippen LogP contribution in [0.3, 0.4) is 0 Å². The van der Waals surface area contributed by atoms with Crippen molar-refractivity contribution in [1.29, 1.82) is 0 Å². The van der Waals surface area contributed by atoms with E-state index in [1.54, 1.807) is 14.0 Å². The molecule has 0 bridgehead atoms. The van der Waals surface area contributed by atoms with E-state index < -0.39 is 6.10 Å². The van der Waals surface area contributed by atoms with Crippen molar-refractivity contribution < 1.29 is 14.6 Å². The zero-order chi connectivity index (χ0) is 12.1. The van der Waals surface area contributed by atoms with E-state index in [1.165, 1.54) is 0 Å². The lowest BCUT2D eigenvalue weighted by atomic mass is 10.1. The van der Waals surface area contributed by atoms with E-state index in [0.717, 1.165) is 17.7 Å². The molecular weight excluding hydrogens is 204 g/mol. The number of benzene rings is 1. The van der Waals surface area contributed by atoms with Crippen molar-refractivity contribution in [3.8, 4) is 11.5 Å². The van der Waals surface area contributed by atoms with E-state index >= 15 is 0 Å². The maximum absolute atomic E-state index is 9.47. The Labute approximate surface area is 97.0 Å². The van der Waals surface area contributed by atoms with Gasteiger partial charge in [0.05, 0.1) is 19.3 Å². The first-order valence-corrected chi connectivity index (χ1v) is 5.61. The largest absolute Gasteiger partial charge is 0.493 e. The molecule has 0 saturated heterocycles. The minimum Gasteiger partial charge on any atom is -0.493 e. The van der Waals surface area contributed by atoms with Gasteiger partial charge in [0, 0.05) is 0 Å². The third-order valence-corrected chi connectivity index (χ3v) is 2.57. The first-order valence-electron chi connectivity index (χ1n) is 5.61. The van der Waals surface area contributed by atoms with Crippen LogP contribution >= 0.6 is 0 Å². The molecule has 0 aliphatic rings. The fourth-order valence-electron chi connectivity index (χ4n) is 1.34. The lowest BCUT2D eigenvalue weighted by molar-refractivity contribution is 0.195. The van der Waals surface area contributed by atoms with Crippen LogP contribution in [-0.2, 0) is 0 Å². The highest BCUT2D eigenvalue weighted by atomic mass is 16.5. The van der Waals surface area contributed by atoms with Gasteiger partial charge in [0.2, 0.25) is 0 Å². The summed E-state index contributed by atoms with van der Waals surface area (Å²) in [7, 11) is 1.60. The van der Waals surface area contributed by atoms with E-state index in [-0.39, 0.29) is 6.10 Å². The van der Waals surface area contributed by atoms with Crippen molar-refractivity contribution in [2.24, 2.45) is 0 Å². The van der Waals surface area contributed by atoms with Crippen molar-refractivity contribution in [1.82, 2.24) is 0 Å². The molecule has 1 unspecified atom stereocenters. The minimum atomic E-state index is -0.494. The summed E-state index contributed by atoms with van der Waals surface area (Å²) in [6.07, 6.45) is 0.610. The van der Waals surface area contributed by atoms with Crippen LogP contribution in [0, 0.1) is 0 Å². The SMILES string of the molecule is CCC(C)Oc1ccc([C@@H](C)O)cc1OC. The molecule has 0 spiro atoms. The molecule has 0 amide bonds. The normalized spacial score (nSPS) is 14.3.